The maximum atomic E-state index is 11.2. The second-order valence-electron chi connectivity index (χ2n) is 3.91. The highest BCUT2D eigenvalue weighted by Gasteiger charge is 2.22. The molecule has 1 unspecified atom stereocenters. The van der Waals surface area contributed by atoms with Gasteiger partial charge in [-0.05, 0) is 13.0 Å². The number of carboxylic acid groups (broad SMARTS) is 1. The van der Waals surface area contributed by atoms with Gasteiger partial charge >= 0.3 is 5.97 Å². The smallest absolute Gasteiger partial charge is 0.349 e. The predicted molar refractivity (Wildman–Crippen MR) is 66.4 cm³/mol. The minimum Gasteiger partial charge on any atom is -0.478 e. The van der Waals surface area contributed by atoms with Crippen LogP contribution >= 0.6 is 0 Å². The second-order valence-corrected chi connectivity index (χ2v) is 3.91. The Kier molecular flexibility index (Phi) is 3.57. The first-order chi connectivity index (χ1) is 8.66. The molecular formula is C14H13NO3. The normalized spacial score (nSPS) is 11.8. The summed E-state index contributed by atoms with van der Waals surface area (Å²) in [7, 11) is 0. The van der Waals surface area contributed by atoms with E-state index in [0.717, 1.165) is 5.56 Å². The largest absolute Gasteiger partial charge is 0.478 e. The predicted octanol–water partition coefficient (Wildman–Crippen LogP) is 2.59. The van der Waals surface area contributed by atoms with Crippen LogP contribution in [0.2, 0.25) is 0 Å². The van der Waals surface area contributed by atoms with Crippen LogP contribution in [-0.2, 0) is 4.79 Å². The number of nitrogens with zero attached hydrogens (tertiary/aromatic N) is 1. The topological polar surface area (TPSA) is 59.4 Å². The quantitative estimate of drug-likeness (QED) is 0.896. The van der Waals surface area contributed by atoms with Crippen molar-refractivity contribution in [1.29, 1.82) is 0 Å². The fraction of sp³-hybridized carbons (Fsp3) is 0.143. The van der Waals surface area contributed by atoms with Crippen molar-refractivity contribution in [2.75, 3.05) is 0 Å². The first kappa shape index (κ1) is 12.1. The number of hydrogen-bond donors (Lipinski definition) is 1. The summed E-state index contributed by atoms with van der Waals surface area (Å²) < 4.78 is 5.39. The Morgan fingerprint density at radius 2 is 1.94 bits per heavy atom. The van der Waals surface area contributed by atoms with Gasteiger partial charge in [-0.25, -0.2) is 9.78 Å². The Morgan fingerprint density at radius 3 is 2.50 bits per heavy atom. The van der Waals surface area contributed by atoms with Gasteiger partial charge in [-0.15, -0.1) is 0 Å². The summed E-state index contributed by atoms with van der Waals surface area (Å²) in [5.41, 5.74) is 1.67. The average molecular weight is 243 g/mol. The van der Waals surface area contributed by atoms with Crippen molar-refractivity contribution in [3.63, 3.8) is 0 Å². The van der Waals surface area contributed by atoms with Crippen molar-refractivity contribution in [1.82, 2.24) is 4.98 Å². The minimum atomic E-state index is -1.04. The molecule has 0 aliphatic carbocycles. The maximum absolute atomic E-state index is 11.2. The van der Waals surface area contributed by atoms with Crippen molar-refractivity contribution in [3.8, 4) is 5.88 Å². The molecule has 18 heavy (non-hydrogen) atoms. The van der Waals surface area contributed by atoms with Crippen LogP contribution in [0.5, 0.6) is 5.88 Å². The Morgan fingerprint density at radius 1 is 1.22 bits per heavy atom. The third-order valence-corrected chi connectivity index (χ3v) is 2.48. The van der Waals surface area contributed by atoms with Crippen molar-refractivity contribution in [3.05, 3.63) is 59.8 Å². The van der Waals surface area contributed by atoms with Gasteiger partial charge in [0.05, 0.1) is 0 Å². The van der Waals surface area contributed by atoms with Crippen LogP contribution in [0.3, 0.4) is 0 Å². The van der Waals surface area contributed by atoms with Gasteiger partial charge < -0.3 is 9.84 Å². The number of benzene rings is 1. The standard InChI is InChI=1S/C14H13NO3/c1-10-5-7-11(8-6-10)13(14(16)17)18-12-4-2-3-9-15-12/h2-9,13H,1H3,(H,16,17). The molecule has 0 aliphatic rings. The number of aromatic nitrogens is 1. The highest BCUT2D eigenvalue weighted by Crippen LogP contribution is 2.20. The zero-order valence-electron chi connectivity index (χ0n) is 9.91. The van der Waals surface area contributed by atoms with Crippen LogP contribution in [0, 0.1) is 6.92 Å². The molecular weight excluding hydrogens is 230 g/mol. The van der Waals surface area contributed by atoms with Crippen LogP contribution in [0.25, 0.3) is 0 Å². The molecule has 2 aromatic rings. The molecule has 4 nitrogen and oxygen atoms in total. The molecule has 0 amide bonds. The van der Waals surface area contributed by atoms with Crippen LogP contribution < -0.4 is 4.74 Å². The Labute approximate surface area is 105 Å². The Hall–Kier alpha value is -2.36. The molecule has 0 radical (unpaired) electrons. The lowest BCUT2D eigenvalue weighted by atomic mass is 10.1. The van der Waals surface area contributed by atoms with Crippen molar-refractivity contribution >= 4 is 5.97 Å². The van der Waals surface area contributed by atoms with Crippen LogP contribution in [0.15, 0.2) is 48.7 Å². The van der Waals surface area contributed by atoms with E-state index in [2.05, 4.69) is 4.98 Å². The number of carboxylic acids is 1. The third kappa shape index (κ3) is 2.85. The monoisotopic (exact) mass is 243 g/mol. The molecule has 0 saturated heterocycles. The molecule has 4 heteroatoms. The summed E-state index contributed by atoms with van der Waals surface area (Å²) in [6.07, 6.45) is 0.518. The summed E-state index contributed by atoms with van der Waals surface area (Å²) in [6.45, 7) is 1.94. The van der Waals surface area contributed by atoms with Gasteiger partial charge in [-0.2, -0.15) is 0 Å². The highest BCUT2D eigenvalue weighted by molar-refractivity contribution is 5.74. The van der Waals surface area contributed by atoms with E-state index >= 15 is 0 Å². The summed E-state index contributed by atoms with van der Waals surface area (Å²) in [5.74, 6) is -0.741. The second kappa shape index (κ2) is 5.31. The zero-order chi connectivity index (χ0) is 13.0. The fourth-order valence-electron chi connectivity index (χ4n) is 1.54. The molecule has 0 saturated carbocycles. The summed E-state index contributed by atoms with van der Waals surface area (Å²) in [5, 5.41) is 9.20. The summed E-state index contributed by atoms with van der Waals surface area (Å²) in [6, 6.07) is 12.3. The van der Waals surface area contributed by atoms with E-state index in [1.807, 2.05) is 19.1 Å². The van der Waals surface area contributed by atoms with Crippen molar-refractivity contribution < 1.29 is 14.6 Å². The maximum Gasteiger partial charge on any atom is 0.349 e. The van der Waals surface area contributed by atoms with E-state index in [-0.39, 0.29) is 0 Å². The van der Waals surface area contributed by atoms with E-state index in [9.17, 15) is 9.90 Å². The van der Waals surface area contributed by atoms with Gasteiger partial charge in [0.2, 0.25) is 12.0 Å². The minimum absolute atomic E-state index is 0.297. The molecule has 1 aromatic heterocycles. The lowest BCUT2D eigenvalue weighted by Gasteiger charge is -2.14. The van der Waals surface area contributed by atoms with E-state index in [0.29, 0.717) is 11.4 Å². The third-order valence-electron chi connectivity index (χ3n) is 2.48. The molecule has 1 atom stereocenters. The van der Waals surface area contributed by atoms with E-state index in [1.165, 1.54) is 0 Å². The van der Waals surface area contributed by atoms with Crippen LogP contribution in [0.4, 0.5) is 0 Å². The van der Waals surface area contributed by atoms with E-state index in [1.54, 1.807) is 36.5 Å². The van der Waals surface area contributed by atoms with E-state index in [4.69, 9.17) is 4.74 Å². The molecule has 0 bridgehead atoms. The lowest BCUT2D eigenvalue weighted by molar-refractivity contribution is -0.145. The van der Waals surface area contributed by atoms with Gasteiger partial charge in [0.25, 0.3) is 0 Å². The van der Waals surface area contributed by atoms with Gasteiger partial charge in [0.15, 0.2) is 0 Å². The molecule has 1 aromatic carbocycles. The van der Waals surface area contributed by atoms with Crippen LogP contribution in [0.1, 0.15) is 17.2 Å². The molecule has 92 valence electrons. The first-order valence-electron chi connectivity index (χ1n) is 5.54. The molecule has 0 fully saturated rings. The van der Waals surface area contributed by atoms with Gasteiger partial charge in [-0.3, -0.25) is 0 Å². The number of hydrogen-bond acceptors (Lipinski definition) is 3. The lowest BCUT2D eigenvalue weighted by Crippen LogP contribution is -2.18. The SMILES string of the molecule is Cc1ccc(C(Oc2ccccn2)C(=O)O)cc1. The average Bonchev–Trinajstić information content (AvgIpc) is 2.38. The van der Waals surface area contributed by atoms with Crippen molar-refractivity contribution in [2.45, 2.75) is 13.0 Å². The number of carbonyl (C=O) groups is 1. The number of aryl methyl sites for hydroxylation is 1. The molecule has 2 rings (SSSR count). The number of aliphatic carboxylic acids is 1. The van der Waals surface area contributed by atoms with Gasteiger partial charge in [-0.1, -0.05) is 35.9 Å². The van der Waals surface area contributed by atoms with Crippen LogP contribution in [-0.4, -0.2) is 16.1 Å². The van der Waals surface area contributed by atoms with Gasteiger partial charge in [0.1, 0.15) is 0 Å². The molecule has 1 N–H and O–H groups in total. The number of pyridine rings is 1. The number of rotatable bonds is 4. The first-order valence-corrected chi connectivity index (χ1v) is 5.54. The van der Waals surface area contributed by atoms with E-state index < -0.39 is 12.1 Å². The highest BCUT2D eigenvalue weighted by atomic mass is 16.5. The van der Waals surface area contributed by atoms with Crippen molar-refractivity contribution in [2.24, 2.45) is 0 Å². The van der Waals surface area contributed by atoms with Gasteiger partial charge in [0, 0.05) is 17.8 Å². The molecule has 0 spiro atoms. The summed E-state index contributed by atoms with van der Waals surface area (Å²) in [4.78, 5) is 15.2. The zero-order valence-corrected chi connectivity index (χ0v) is 9.91. The molecule has 0 aliphatic heterocycles. The fourth-order valence-corrected chi connectivity index (χ4v) is 1.54. The summed E-state index contributed by atoms with van der Waals surface area (Å²) >= 11 is 0. The number of ether oxygens (including phenoxy) is 1. The Balaban J connectivity index is 2.24. The Bertz CT molecular complexity index is 522. The molecule has 1 heterocycles.